The molecule has 3 aromatic rings. The lowest BCUT2D eigenvalue weighted by atomic mass is 9.99. The molecule has 0 aliphatic carbocycles. The molecule has 3 aromatic carbocycles. The molecule has 1 heterocycles. The number of para-hydroxylation sites is 1. The molecular weight excluding hydrogens is 374 g/mol. The van der Waals surface area contributed by atoms with E-state index in [0.717, 1.165) is 31.6 Å². The fourth-order valence-electron chi connectivity index (χ4n) is 3.71. The number of fused-ring (bicyclic) bond motifs is 1. The van der Waals surface area contributed by atoms with Crippen molar-refractivity contribution in [2.45, 2.75) is 19.5 Å². The molecule has 0 fully saturated rings. The molecule has 0 unspecified atom stereocenters. The first kappa shape index (κ1) is 19.9. The van der Waals surface area contributed by atoms with Gasteiger partial charge in [0.25, 0.3) is 5.91 Å². The van der Waals surface area contributed by atoms with Gasteiger partial charge in [-0.3, -0.25) is 9.69 Å². The Morgan fingerprint density at radius 2 is 1.77 bits per heavy atom. The van der Waals surface area contributed by atoms with Gasteiger partial charge in [-0.2, -0.15) is 5.10 Å². The Labute approximate surface area is 177 Å². The Morgan fingerprint density at radius 3 is 2.57 bits per heavy atom. The largest absolute Gasteiger partial charge is 0.496 e. The van der Waals surface area contributed by atoms with Crippen LogP contribution in [-0.4, -0.2) is 30.7 Å². The Morgan fingerprint density at radius 1 is 1.03 bits per heavy atom. The summed E-state index contributed by atoms with van der Waals surface area (Å²) in [6.07, 6.45) is 2.67. The predicted molar refractivity (Wildman–Crippen MR) is 119 cm³/mol. The highest BCUT2D eigenvalue weighted by molar-refractivity contribution is 5.95. The number of amides is 1. The highest BCUT2D eigenvalue weighted by Crippen LogP contribution is 2.20. The fourth-order valence-corrected chi connectivity index (χ4v) is 3.71. The molecule has 1 N–H and O–H groups in total. The average molecular weight is 399 g/mol. The third-order valence-electron chi connectivity index (χ3n) is 5.34. The zero-order valence-electron chi connectivity index (χ0n) is 17.0. The first-order valence-corrected chi connectivity index (χ1v) is 10.1. The molecule has 0 saturated heterocycles. The van der Waals surface area contributed by atoms with Crippen LogP contribution in [0.5, 0.6) is 5.75 Å². The Kier molecular flexibility index (Phi) is 6.20. The maximum atomic E-state index is 12.4. The van der Waals surface area contributed by atoms with Crippen molar-refractivity contribution in [1.82, 2.24) is 10.3 Å². The van der Waals surface area contributed by atoms with Crippen LogP contribution in [0.1, 0.15) is 32.6 Å². The van der Waals surface area contributed by atoms with Crippen molar-refractivity contribution in [2.75, 3.05) is 13.7 Å². The normalized spacial score (nSPS) is 13.8. The number of carbonyl (C=O) groups is 1. The average Bonchev–Trinajstić information content (AvgIpc) is 2.80. The van der Waals surface area contributed by atoms with Crippen molar-refractivity contribution in [2.24, 2.45) is 5.10 Å². The van der Waals surface area contributed by atoms with E-state index in [1.54, 1.807) is 13.3 Å². The number of hydrazone groups is 1. The van der Waals surface area contributed by atoms with Crippen LogP contribution in [0.4, 0.5) is 0 Å². The van der Waals surface area contributed by atoms with Gasteiger partial charge < -0.3 is 4.74 Å². The summed E-state index contributed by atoms with van der Waals surface area (Å²) >= 11 is 0. The van der Waals surface area contributed by atoms with Crippen LogP contribution in [0, 0.1) is 0 Å². The quantitative estimate of drug-likeness (QED) is 0.503. The van der Waals surface area contributed by atoms with E-state index in [0.29, 0.717) is 11.3 Å². The van der Waals surface area contributed by atoms with Crippen LogP contribution < -0.4 is 10.2 Å². The minimum Gasteiger partial charge on any atom is -0.496 e. The maximum absolute atomic E-state index is 12.4. The summed E-state index contributed by atoms with van der Waals surface area (Å²) in [6.45, 7) is 2.90. The van der Waals surface area contributed by atoms with Crippen LogP contribution in [0.25, 0.3) is 0 Å². The minimum atomic E-state index is -0.236. The van der Waals surface area contributed by atoms with Gasteiger partial charge in [0.2, 0.25) is 0 Å². The molecule has 152 valence electrons. The Balaban J connectivity index is 1.33. The van der Waals surface area contributed by atoms with Gasteiger partial charge >= 0.3 is 0 Å². The van der Waals surface area contributed by atoms with Gasteiger partial charge in [0.1, 0.15) is 5.75 Å². The number of ether oxygens (including phenoxy) is 1. The third-order valence-corrected chi connectivity index (χ3v) is 5.34. The SMILES string of the molecule is COc1ccccc1/C=N/NC(=O)c1ccc(CN2CCc3ccccc3C2)cc1. The van der Waals surface area contributed by atoms with Gasteiger partial charge in [0.15, 0.2) is 0 Å². The molecule has 0 bridgehead atoms. The van der Waals surface area contributed by atoms with Crippen LogP contribution >= 0.6 is 0 Å². The van der Waals surface area contributed by atoms with Crippen molar-refractivity contribution in [3.8, 4) is 5.75 Å². The summed E-state index contributed by atoms with van der Waals surface area (Å²) < 4.78 is 5.27. The van der Waals surface area contributed by atoms with E-state index < -0.39 is 0 Å². The molecule has 5 nitrogen and oxygen atoms in total. The number of nitrogens with zero attached hydrogens (tertiary/aromatic N) is 2. The Bertz CT molecular complexity index is 1040. The minimum absolute atomic E-state index is 0.236. The summed E-state index contributed by atoms with van der Waals surface area (Å²) in [5, 5.41) is 4.05. The number of hydrogen-bond donors (Lipinski definition) is 1. The van der Waals surface area contributed by atoms with Gasteiger partial charge in [-0.05, 0) is 47.4 Å². The van der Waals surface area contributed by atoms with E-state index in [9.17, 15) is 4.79 Å². The van der Waals surface area contributed by atoms with E-state index in [2.05, 4.69) is 39.7 Å². The summed E-state index contributed by atoms with van der Waals surface area (Å²) in [5.74, 6) is 0.472. The molecular formula is C25H25N3O2. The van der Waals surface area contributed by atoms with Crippen LogP contribution in [0.15, 0.2) is 77.9 Å². The van der Waals surface area contributed by atoms with Crippen molar-refractivity contribution < 1.29 is 9.53 Å². The van der Waals surface area contributed by atoms with Gasteiger partial charge in [0, 0.05) is 30.8 Å². The molecule has 30 heavy (non-hydrogen) atoms. The van der Waals surface area contributed by atoms with E-state index in [1.807, 2.05) is 48.5 Å². The molecule has 1 amide bonds. The Hall–Kier alpha value is -3.44. The monoisotopic (exact) mass is 399 g/mol. The highest BCUT2D eigenvalue weighted by atomic mass is 16.5. The second-order valence-electron chi connectivity index (χ2n) is 7.37. The molecule has 1 aliphatic heterocycles. The highest BCUT2D eigenvalue weighted by Gasteiger charge is 2.15. The van der Waals surface area contributed by atoms with Crippen molar-refractivity contribution >= 4 is 12.1 Å². The lowest BCUT2D eigenvalue weighted by Crippen LogP contribution is -2.30. The molecule has 0 spiro atoms. The zero-order chi connectivity index (χ0) is 20.8. The van der Waals surface area contributed by atoms with Gasteiger partial charge in [-0.15, -0.1) is 0 Å². The smallest absolute Gasteiger partial charge is 0.271 e. The molecule has 0 aromatic heterocycles. The predicted octanol–water partition coefficient (Wildman–Crippen LogP) is 4.02. The van der Waals surface area contributed by atoms with Crippen LogP contribution in [-0.2, 0) is 19.5 Å². The molecule has 4 rings (SSSR count). The number of methoxy groups -OCH3 is 1. The number of carbonyl (C=O) groups excluding carboxylic acids is 1. The van der Waals surface area contributed by atoms with Crippen LogP contribution in [0.3, 0.4) is 0 Å². The zero-order valence-corrected chi connectivity index (χ0v) is 17.0. The molecule has 1 aliphatic rings. The maximum Gasteiger partial charge on any atom is 0.271 e. The van der Waals surface area contributed by atoms with Crippen molar-refractivity contribution in [3.63, 3.8) is 0 Å². The third kappa shape index (κ3) is 4.75. The number of rotatable bonds is 6. The van der Waals surface area contributed by atoms with E-state index in [4.69, 9.17) is 4.74 Å². The van der Waals surface area contributed by atoms with E-state index >= 15 is 0 Å². The van der Waals surface area contributed by atoms with Gasteiger partial charge in [-0.25, -0.2) is 5.43 Å². The molecule has 0 atom stereocenters. The van der Waals surface area contributed by atoms with Crippen molar-refractivity contribution in [1.29, 1.82) is 0 Å². The van der Waals surface area contributed by atoms with E-state index in [1.165, 1.54) is 16.7 Å². The topological polar surface area (TPSA) is 53.9 Å². The molecule has 5 heteroatoms. The lowest BCUT2D eigenvalue weighted by Gasteiger charge is -2.28. The number of hydrogen-bond acceptors (Lipinski definition) is 4. The first-order valence-electron chi connectivity index (χ1n) is 10.1. The number of benzene rings is 3. The van der Waals surface area contributed by atoms with Gasteiger partial charge in [0.05, 0.1) is 13.3 Å². The summed E-state index contributed by atoms with van der Waals surface area (Å²) in [7, 11) is 1.61. The lowest BCUT2D eigenvalue weighted by molar-refractivity contribution is 0.0955. The standard InChI is InChI=1S/C25H25N3O2/c1-30-24-9-5-4-7-22(24)16-26-27-25(29)21-12-10-19(11-13-21)17-28-15-14-20-6-2-3-8-23(20)18-28/h2-13,16H,14-15,17-18H2,1H3,(H,27,29)/b26-16+. The van der Waals surface area contributed by atoms with E-state index in [-0.39, 0.29) is 5.91 Å². The molecule has 0 saturated carbocycles. The summed E-state index contributed by atoms with van der Waals surface area (Å²) in [6, 6.07) is 23.9. The summed E-state index contributed by atoms with van der Waals surface area (Å²) in [4.78, 5) is 14.8. The first-order chi connectivity index (χ1) is 14.7. The summed E-state index contributed by atoms with van der Waals surface area (Å²) in [5.41, 5.74) is 8.02. The fraction of sp³-hybridized carbons (Fsp3) is 0.200. The van der Waals surface area contributed by atoms with Crippen LogP contribution in [0.2, 0.25) is 0 Å². The van der Waals surface area contributed by atoms with Crippen molar-refractivity contribution in [3.05, 3.63) is 101 Å². The second kappa shape index (κ2) is 9.37. The molecule has 0 radical (unpaired) electrons. The number of nitrogens with one attached hydrogen (secondary N) is 1. The second-order valence-corrected chi connectivity index (χ2v) is 7.37. The van der Waals surface area contributed by atoms with Gasteiger partial charge in [-0.1, -0.05) is 48.5 Å².